The molecule has 5 nitrogen and oxygen atoms in total. The van der Waals surface area contributed by atoms with E-state index in [1.165, 1.54) is 38.5 Å². The maximum atomic E-state index is 13.5. The molecule has 33 heavy (non-hydrogen) atoms. The molecule has 178 valence electrons. The lowest BCUT2D eigenvalue weighted by molar-refractivity contribution is -0.133. The third-order valence-electron chi connectivity index (χ3n) is 10.8. The number of hydrogen-bond acceptors (Lipinski definition) is 4. The van der Waals surface area contributed by atoms with Crippen LogP contribution in [-0.4, -0.2) is 31.5 Å². The van der Waals surface area contributed by atoms with Crippen LogP contribution in [0.15, 0.2) is 24.3 Å². The van der Waals surface area contributed by atoms with Gasteiger partial charge in [-0.2, -0.15) is 15.0 Å². The van der Waals surface area contributed by atoms with Crippen LogP contribution in [0.25, 0.3) is 11.0 Å². The molecule has 0 bridgehead atoms. The molecule has 1 aromatic heterocycles. The number of hydrogen-bond donors (Lipinski definition) is 1. The molecule has 8 atom stereocenters. The first-order valence-corrected chi connectivity index (χ1v) is 13.5. The first-order valence-electron chi connectivity index (χ1n) is 13.5. The summed E-state index contributed by atoms with van der Waals surface area (Å²) in [6.45, 7) is 4.88. The number of fused-ring (bicyclic) bond motifs is 6. The molecule has 5 heteroatoms. The van der Waals surface area contributed by atoms with Crippen LogP contribution in [0.4, 0.5) is 0 Å². The third kappa shape index (κ3) is 3.48. The van der Waals surface area contributed by atoms with E-state index in [1.54, 1.807) is 4.80 Å². The Bertz CT molecular complexity index is 1020. The fourth-order valence-electron chi connectivity index (χ4n) is 9.04. The zero-order valence-corrected chi connectivity index (χ0v) is 20.2. The molecule has 1 N–H and O–H groups in total. The number of carbonyl (C=O) groups excluding carboxylic acids is 1. The molecule has 1 heterocycles. The van der Waals surface area contributed by atoms with E-state index < -0.39 is 5.60 Å². The van der Waals surface area contributed by atoms with Gasteiger partial charge in [0, 0.05) is 5.92 Å². The van der Waals surface area contributed by atoms with Crippen LogP contribution in [0.1, 0.15) is 78.1 Å². The normalized spacial score (nSPS) is 42.5. The van der Waals surface area contributed by atoms with Gasteiger partial charge < -0.3 is 5.11 Å². The Kier molecular flexibility index (Phi) is 5.21. The molecule has 0 saturated heterocycles. The molecule has 4 aliphatic rings. The van der Waals surface area contributed by atoms with Gasteiger partial charge in [0.05, 0.1) is 5.60 Å². The lowest BCUT2D eigenvalue weighted by Gasteiger charge is -2.57. The van der Waals surface area contributed by atoms with Gasteiger partial charge in [-0.05, 0) is 111 Å². The van der Waals surface area contributed by atoms with Crippen molar-refractivity contribution in [3.05, 3.63) is 24.3 Å². The summed E-state index contributed by atoms with van der Waals surface area (Å²) >= 11 is 0. The number of benzene rings is 1. The SMILES string of the molecule is CC[C@@]1(O)CCC2[C@@H](CCC3[C@@H]2CC[C@]2(C)[C@@H](C(=O)Cn4nc5ccccc5n4)CC[C@@H]32)C1. The lowest BCUT2D eigenvalue weighted by Crippen LogP contribution is -2.51. The number of aromatic nitrogens is 3. The van der Waals surface area contributed by atoms with Gasteiger partial charge in [-0.3, -0.25) is 4.79 Å². The minimum Gasteiger partial charge on any atom is -0.390 e. The smallest absolute Gasteiger partial charge is 0.159 e. The standard InChI is InChI=1S/C28H39N3O2/c1-3-28(33)15-13-19-18(16-28)8-9-21-20(19)12-14-27(2)22(21)10-11-23(27)26(32)17-31-29-24-6-4-5-7-25(24)30-31/h4-7,18-23,33H,3,8-17H2,1-2H3/t18-,19?,20+,21?,22-,23+,27-,28+/m0/s1. The first kappa shape index (κ1) is 21.8. The van der Waals surface area contributed by atoms with E-state index in [4.69, 9.17) is 0 Å². The summed E-state index contributed by atoms with van der Waals surface area (Å²) in [5, 5.41) is 20.0. The number of carbonyl (C=O) groups is 1. The second kappa shape index (κ2) is 7.90. The number of Topliss-reactive ketones (excluding diaryl/α,β-unsaturated/α-hetero) is 1. The van der Waals surface area contributed by atoms with E-state index >= 15 is 0 Å². The van der Waals surface area contributed by atoms with Crippen molar-refractivity contribution < 1.29 is 9.90 Å². The van der Waals surface area contributed by atoms with Crippen molar-refractivity contribution in [1.29, 1.82) is 0 Å². The van der Waals surface area contributed by atoms with E-state index in [1.807, 2.05) is 24.3 Å². The van der Waals surface area contributed by atoms with E-state index in [-0.39, 0.29) is 11.3 Å². The van der Waals surface area contributed by atoms with E-state index in [0.717, 1.165) is 54.5 Å². The predicted molar refractivity (Wildman–Crippen MR) is 128 cm³/mol. The molecule has 1 aromatic carbocycles. The highest BCUT2D eigenvalue weighted by molar-refractivity contribution is 5.82. The summed E-state index contributed by atoms with van der Waals surface area (Å²) in [5.41, 5.74) is 1.45. The zero-order chi connectivity index (χ0) is 22.8. The third-order valence-corrected chi connectivity index (χ3v) is 10.8. The molecule has 4 fully saturated rings. The van der Waals surface area contributed by atoms with Gasteiger partial charge in [0.1, 0.15) is 17.6 Å². The predicted octanol–water partition coefficient (Wildman–Crippen LogP) is 5.41. The average Bonchev–Trinajstić information content (AvgIpc) is 3.38. The fraction of sp³-hybridized carbons (Fsp3) is 0.750. The van der Waals surface area contributed by atoms with Gasteiger partial charge >= 0.3 is 0 Å². The lowest BCUT2D eigenvalue weighted by atomic mass is 9.48. The molecule has 2 unspecified atom stereocenters. The molecule has 4 aliphatic carbocycles. The average molecular weight is 450 g/mol. The van der Waals surface area contributed by atoms with Crippen molar-refractivity contribution >= 4 is 16.8 Å². The van der Waals surface area contributed by atoms with Gasteiger partial charge in [-0.25, -0.2) is 0 Å². The Morgan fingerprint density at radius 1 is 1.00 bits per heavy atom. The Hall–Kier alpha value is -1.75. The molecule has 4 saturated carbocycles. The van der Waals surface area contributed by atoms with E-state index in [9.17, 15) is 9.90 Å². The molecular formula is C28H39N3O2. The molecule has 0 amide bonds. The van der Waals surface area contributed by atoms with E-state index in [2.05, 4.69) is 24.0 Å². The summed E-state index contributed by atoms with van der Waals surface area (Å²) in [6.07, 6.45) is 11.4. The van der Waals surface area contributed by atoms with Crippen LogP contribution in [0.5, 0.6) is 0 Å². The van der Waals surface area contributed by atoms with Crippen LogP contribution in [-0.2, 0) is 11.3 Å². The van der Waals surface area contributed by atoms with E-state index in [0.29, 0.717) is 24.2 Å². The Morgan fingerprint density at radius 2 is 1.73 bits per heavy atom. The quantitative estimate of drug-likeness (QED) is 0.678. The maximum Gasteiger partial charge on any atom is 0.159 e. The summed E-state index contributed by atoms with van der Waals surface area (Å²) in [6, 6.07) is 7.85. The monoisotopic (exact) mass is 449 g/mol. The summed E-state index contributed by atoms with van der Waals surface area (Å²) in [4.78, 5) is 15.1. The first-order chi connectivity index (χ1) is 15.9. The van der Waals surface area contributed by atoms with Crippen molar-refractivity contribution in [2.75, 3.05) is 0 Å². The van der Waals surface area contributed by atoms with Crippen molar-refractivity contribution in [2.24, 2.45) is 40.9 Å². The van der Waals surface area contributed by atoms with Gasteiger partial charge in [0.25, 0.3) is 0 Å². The second-order valence-electron chi connectivity index (χ2n) is 12.1. The Morgan fingerprint density at radius 3 is 2.45 bits per heavy atom. The molecule has 6 rings (SSSR count). The molecule has 0 radical (unpaired) electrons. The number of nitrogens with zero attached hydrogens (tertiary/aromatic N) is 3. The minimum atomic E-state index is -0.409. The largest absolute Gasteiger partial charge is 0.390 e. The summed E-state index contributed by atoms with van der Waals surface area (Å²) < 4.78 is 0. The maximum absolute atomic E-state index is 13.5. The molecular weight excluding hydrogens is 410 g/mol. The fourth-order valence-corrected chi connectivity index (χ4v) is 9.04. The Balaban J connectivity index is 1.17. The summed E-state index contributed by atoms with van der Waals surface area (Å²) in [5.74, 6) is 4.27. The number of ketones is 1. The van der Waals surface area contributed by atoms with Crippen LogP contribution >= 0.6 is 0 Å². The number of rotatable bonds is 4. The zero-order valence-electron chi connectivity index (χ0n) is 20.2. The van der Waals surface area contributed by atoms with Gasteiger partial charge in [-0.15, -0.1) is 0 Å². The van der Waals surface area contributed by atoms with Crippen molar-refractivity contribution in [3.8, 4) is 0 Å². The summed E-state index contributed by atoms with van der Waals surface area (Å²) in [7, 11) is 0. The molecule has 0 spiro atoms. The van der Waals surface area contributed by atoms with Crippen LogP contribution in [0.2, 0.25) is 0 Å². The van der Waals surface area contributed by atoms with Gasteiger partial charge in [0.2, 0.25) is 0 Å². The van der Waals surface area contributed by atoms with Crippen LogP contribution < -0.4 is 0 Å². The highest BCUT2D eigenvalue weighted by atomic mass is 16.3. The molecule has 0 aliphatic heterocycles. The van der Waals surface area contributed by atoms with Crippen molar-refractivity contribution in [2.45, 2.75) is 90.2 Å². The number of aliphatic hydroxyl groups is 1. The van der Waals surface area contributed by atoms with Crippen LogP contribution in [0.3, 0.4) is 0 Å². The van der Waals surface area contributed by atoms with Gasteiger partial charge in [0.15, 0.2) is 5.78 Å². The topological polar surface area (TPSA) is 68.0 Å². The van der Waals surface area contributed by atoms with Crippen molar-refractivity contribution in [3.63, 3.8) is 0 Å². The highest BCUT2D eigenvalue weighted by Gasteiger charge is 2.58. The highest BCUT2D eigenvalue weighted by Crippen LogP contribution is 2.64. The van der Waals surface area contributed by atoms with Crippen LogP contribution in [0, 0.1) is 40.9 Å². The van der Waals surface area contributed by atoms with Crippen molar-refractivity contribution in [1.82, 2.24) is 15.0 Å². The second-order valence-corrected chi connectivity index (χ2v) is 12.1. The minimum absolute atomic E-state index is 0.135. The molecule has 2 aromatic rings. The Labute approximate surface area is 197 Å². The van der Waals surface area contributed by atoms with Gasteiger partial charge in [-0.1, -0.05) is 26.0 Å².